The number of ketones is 1. The Morgan fingerprint density at radius 3 is 2.81 bits per heavy atom. The number of carboxylic acids is 1. The van der Waals surface area contributed by atoms with Gasteiger partial charge in [0.1, 0.15) is 5.78 Å². The van der Waals surface area contributed by atoms with Gasteiger partial charge in [0.15, 0.2) is 6.29 Å². The van der Waals surface area contributed by atoms with Gasteiger partial charge in [0.05, 0.1) is 6.10 Å². The zero-order valence-electron chi connectivity index (χ0n) is 19.5. The zero-order chi connectivity index (χ0) is 22.5. The second-order valence-electron chi connectivity index (χ2n) is 9.18. The Hall–Kier alpha value is -1.46. The number of rotatable bonds is 14. The molecule has 5 nitrogen and oxygen atoms in total. The molecule has 2 fully saturated rings. The highest BCUT2D eigenvalue weighted by atomic mass is 16.7. The minimum absolute atomic E-state index is 0.0178. The lowest BCUT2D eigenvalue weighted by atomic mass is 9.87. The van der Waals surface area contributed by atoms with Gasteiger partial charge in [0.2, 0.25) is 0 Å². The SMILES string of the molecule is CCCCC[C@@H](/C=C/[C@H]1[C@H](C)CC(=O)[C@@H]1C/C=C\CCCC(=O)O)OC1CCCCO1. The Morgan fingerprint density at radius 1 is 1.26 bits per heavy atom. The molecular weight excluding hydrogens is 392 g/mol. The van der Waals surface area contributed by atoms with Gasteiger partial charge in [0, 0.05) is 25.4 Å². The lowest BCUT2D eigenvalue weighted by Crippen LogP contribution is -2.27. The number of carbonyl (C=O) groups is 2. The molecule has 2 rings (SSSR count). The smallest absolute Gasteiger partial charge is 0.303 e. The lowest BCUT2D eigenvalue weighted by molar-refractivity contribution is -0.179. The van der Waals surface area contributed by atoms with Crippen molar-refractivity contribution in [2.75, 3.05) is 6.61 Å². The van der Waals surface area contributed by atoms with Crippen LogP contribution in [-0.2, 0) is 19.1 Å². The minimum atomic E-state index is -0.757. The van der Waals surface area contributed by atoms with Gasteiger partial charge in [-0.05, 0) is 56.8 Å². The summed E-state index contributed by atoms with van der Waals surface area (Å²) in [5, 5.41) is 8.72. The Balaban J connectivity index is 1.93. The van der Waals surface area contributed by atoms with Gasteiger partial charge in [0.25, 0.3) is 0 Å². The maximum absolute atomic E-state index is 12.6. The van der Waals surface area contributed by atoms with Crippen LogP contribution in [0.3, 0.4) is 0 Å². The zero-order valence-corrected chi connectivity index (χ0v) is 19.5. The van der Waals surface area contributed by atoms with Crippen molar-refractivity contribution in [1.82, 2.24) is 0 Å². The largest absolute Gasteiger partial charge is 0.481 e. The van der Waals surface area contributed by atoms with Crippen LogP contribution in [0.2, 0.25) is 0 Å². The first-order chi connectivity index (χ1) is 15.0. The number of unbranched alkanes of at least 4 members (excludes halogenated alkanes) is 3. The maximum atomic E-state index is 12.6. The average Bonchev–Trinajstić information content (AvgIpc) is 3.01. The lowest BCUT2D eigenvalue weighted by Gasteiger charge is -2.27. The Kier molecular flexibility index (Phi) is 12.1. The summed E-state index contributed by atoms with van der Waals surface area (Å²) >= 11 is 0. The molecule has 0 amide bonds. The van der Waals surface area contributed by atoms with E-state index in [0.29, 0.717) is 24.5 Å². The molecule has 2 aliphatic rings. The fourth-order valence-electron chi connectivity index (χ4n) is 4.63. The quantitative estimate of drug-likeness (QED) is 0.265. The van der Waals surface area contributed by atoms with Crippen molar-refractivity contribution in [3.8, 4) is 0 Å². The van der Waals surface area contributed by atoms with Crippen molar-refractivity contribution >= 4 is 11.8 Å². The number of carbonyl (C=O) groups excluding carboxylic acids is 1. The fraction of sp³-hybridized carbons (Fsp3) is 0.769. The number of hydrogen-bond donors (Lipinski definition) is 1. The molecule has 0 bridgehead atoms. The Bertz CT molecular complexity index is 591. The molecule has 5 heteroatoms. The number of Topliss-reactive ketones (excluding diaryl/α,β-unsaturated/α-hetero) is 1. The van der Waals surface area contributed by atoms with E-state index in [1.54, 1.807) is 0 Å². The third-order valence-corrected chi connectivity index (χ3v) is 6.48. The molecule has 1 N–H and O–H groups in total. The van der Waals surface area contributed by atoms with Crippen molar-refractivity contribution in [3.63, 3.8) is 0 Å². The molecule has 1 aliphatic carbocycles. The van der Waals surface area contributed by atoms with E-state index < -0.39 is 5.97 Å². The summed E-state index contributed by atoms with van der Waals surface area (Å²) in [6.45, 7) is 5.16. The predicted octanol–water partition coefficient (Wildman–Crippen LogP) is 6.08. The van der Waals surface area contributed by atoms with E-state index in [-0.39, 0.29) is 30.7 Å². The highest BCUT2D eigenvalue weighted by Crippen LogP contribution is 2.38. The third kappa shape index (κ3) is 9.69. The van der Waals surface area contributed by atoms with Crippen LogP contribution >= 0.6 is 0 Å². The first-order valence-corrected chi connectivity index (χ1v) is 12.4. The van der Waals surface area contributed by atoms with E-state index in [9.17, 15) is 9.59 Å². The molecule has 0 aromatic carbocycles. The van der Waals surface area contributed by atoms with E-state index >= 15 is 0 Å². The number of hydrogen-bond acceptors (Lipinski definition) is 4. The van der Waals surface area contributed by atoms with Crippen LogP contribution in [-0.4, -0.2) is 35.9 Å². The molecule has 31 heavy (non-hydrogen) atoms. The highest BCUT2D eigenvalue weighted by Gasteiger charge is 2.37. The third-order valence-electron chi connectivity index (χ3n) is 6.48. The second kappa shape index (κ2) is 14.6. The summed E-state index contributed by atoms with van der Waals surface area (Å²) in [4.78, 5) is 23.2. The van der Waals surface area contributed by atoms with Crippen molar-refractivity contribution in [2.45, 2.75) is 103 Å². The van der Waals surface area contributed by atoms with E-state index in [0.717, 1.165) is 51.6 Å². The summed E-state index contributed by atoms with van der Waals surface area (Å²) < 4.78 is 12.1. The number of carboxylic acid groups (broad SMARTS) is 1. The normalized spacial score (nSPS) is 28.0. The van der Waals surface area contributed by atoms with Crippen LogP contribution in [0.5, 0.6) is 0 Å². The van der Waals surface area contributed by atoms with E-state index in [4.69, 9.17) is 14.6 Å². The van der Waals surface area contributed by atoms with Crippen LogP contribution < -0.4 is 0 Å². The van der Waals surface area contributed by atoms with Gasteiger partial charge in [-0.2, -0.15) is 0 Å². The summed E-state index contributed by atoms with van der Waals surface area (Å²) in [5.74, 6) is 0.186. The van der Waals surface area contributed by atoms with Gasteiger partial charge in [-0.3, -0.25) is 9.59 Å². The van der Waals surface area contributed by atoms with Crippen LogP contribution in [0.25, 0.3) is 0 Å². The Labute approximate surface area is 188 Å². The van der Waals surface area contributed by atoms with E-state index in [2.05, 4.69) is 32.1 Å². The first kappa shape index (κ1) is 25.8. The van der Waals surface area contributed by atoms with Crippen LogP contribution in [0.1, 0.15) is 90.9 Å². The van der Waals surface area contributed by atoms with Gasteiger partial charge in [-0.15, -0.1) is 0 Å². The summed E-state index contributed by atoms with van der Waals surface area (Å²) in [5.41, 5.74) is 0. The van der Waals surface area contributed by atoms with Crippen LogP contribution in [0.15, 0.2) is 24.3 Å². The average molecular weight is 435 g/mol. The van der Waals surface area contributed by atoms with E-state index in [1.165, 1.54) is 12.8 Å². The summed E-state index contributed by atoms with van der Waals surface area (Å²) in [7, 11) is 0. The minimum Gasteiger partial charge on any atom is -0.481 e. The van der Waals surface area contributed by atoms with Crippen LogP contribution in [0.4, 0.5) is 0 Å². The van der Waals surface area contributed by atoms with Gasteiger partial charge < -0.3 is 14.6 Å². The molecule has 1 saturated carbocycles. The Morgan fingerprint density at radius 2 is 2.10 bits per heavy atom. The monoisotopic (exact) mass is 434 g/mol. The van der Waals surface area contributed by atoms with Crippen molar-refractivity contribution in [2.24, 2.45) is 17.8 Å². The first-order valence-electron chi connectivity index (χ1n) is 12.4. The highest BCUT2D eigenvalue weighted by molar-refractivity contribution is 5.84. The molecule has 1 saturated heterocycles. The number of ether oxygens (including phenoxy) is 2. The molecule has 0 spiro atoms. The molecule has 0 radical (unpaired) electrons. The molecule has 1 unspecified atom stereocenters. The molecular formula is C26H42O5. The van der Waals surface area contributed by atoms with Crippen molar-refractivity contribution < 1.29 is 24.2 Å². The molecule has 1 heterocycles. The second-order valence-corrected chi connectivity index (χ2v) is 9.18. The molecule has 1 aliphatic heterocycles. The molecule has 5 atom stereocenters. The standard InChI is InChI=1S/C26H42O5/c1-3-4-7-12-21(31-26-15-10-11-18-30-26)16-17-22-20(2)19-24(27)23(22)13-8-5-6-9-14-25(28)29/h5,8,16-17,20-23,26H,3-4,6-7,9-15,18-19H2,1-2H3,(H,28,29)/b8-5-,17-16+/t20-,21+,22+,23-,26?/m1/s1. The molecule has 176 valence electrons. The molecule has 0 aromatic rings. The van der Waals surface area contributed by atoms with Crippen LogP contribution in [0, 0.1) is 17.8 Å². The molecule has 0 aromatic heterocycles. The topological polar surface area (TPSA) is 72.8 Å². The summed E-state index contributed by atoms with van der Waals surface area (Å²) in [6, 6.07) is 0. The van der Waals surface area contributed by atoms with Gasteiger partial charge in [-0.1, -0.05) is 57.4 Å². The fourth-order valence-corrected chi connectivity index (χ4v) is 4.63. The van der Waals surface area contributed by atoms with Gasteiger partial charge >= 0.3 is 5.97 Å². The number of aliphatic carboxylic acids is 1. The van der Waals surface area contributed by atoms with E-state index in [1.807, 2.05) is 6.08 Å². The predicted molar refractivity (Wildman–Crippen MR) is 123 cm³/mol. The number of allylic oxidation sites excluding steroid dienone is 3. The van der Waals surface area contributed by atoms with Gasteiger partial charge in [-0.25, -0.2) is 0 Å². The summed E-state index contributed by atoms with van der Waals surface area (Å²) in [6.07, 6.45) is 19.2. The van der Waals surface area contributed by atoms with Crippen molar-refractivity contribution in [1.29, 1.82) is 0 Å². The van der Waals surface area contributed by atoms with Crippen molar-refractivity contribution in [3.05, 3.63) is 24.3 Å². The maximum Gasteiger partial charge on any atom is 0.303 e.